The molecule has 0 bridgehead atoms. The van der Waals surface area contributed by atoms with Gasteiger partial charge in [-0.15, -0.1) is 0 Å². The molecule has 2 aliphatic rings. The van der Waals surface area contributed by atoms with E-state index in [9.17, 15) is 4.79 Å². The highest BCUT2D eigenvalue weighted by atomic mass is 35.5. The highest BCUT2D eigenvalue weighted by molar-refractivity contribution is 6.30. The number of carbonyl (C=O) groups excluding carboxylic acids is 1. The lowest BCUT2D eigenvalue weighted by molar-refractivity contribution is -0.118. The Labute approximate surface area is 150 Å². The third kappa shape index (κ3) is 2.91. The van der Waals surface area contributed by atoms with E-state index >= 15 is 0 Å². The molecule has 0 saturated heterocycles. The number of anilines is 1. The van der Waals surface area contributed by atoms with Gasteiger partial charge in [-0.25, -0.2) is 0 Å². The number of hydrogen-bond donors (Lipinski definition) is 0. The summed E-state index contributed by atoms with van der Waals surface area (Å²) in [6.07, 6.45) is 0.367. The molecule has 2 heterocycles. The van der Waals surface area contributed by atoms with Crippen LogP contribution in [0.2, 0.25) is 5.02 Å². The molecule has 0 saturated carbocycles. The number of carbonyl (C=O) groups is 1. The van der Waals surface area contributed by atoms with Crippen molar-refractivity contribution in [2.24, 2.45) is 16.2 Å². The van der Waals surface area contributed by atoms with Crippen LogP contribution in [0.15, 0.2) is 64.9 Å². The van der Waals surface area contributed by atoms with E-state index in [4.69, 9.17) is 16.4 Å². The highest BCUT2D eigenvalue weighted by Gasteiger charge is 2.41. The summed E-state index contributed by atoms with van der Waals surface area (Å²) in [6, 6.07) is 16.9. The van der Waals surface area contributed by atoms with Crippen LogP contribution in [0.1, 0.15) is 25.0 Å². The molecular weight excluding hydrogens is 338 g/mol. The van der Waals surface area contributed by atoms with Crippen molar-refractivity contribution in [2.75, 3.05) is 5.01 Å². The molecule has 2 unspecified atom stereocenters. The third-order valence-electron chi connectivity index (χ3n) is 4.40. The van der Waals surface area contributed by atoms with Crippen molar-refractivity contribution >= 4 is 34.6 Å². The van der Waals surface area contributed by atoms with Crippen LogP contribution in [0, 0.1) is 5.92 Å². The summed E-state index contributed by atoms with van der Waals surface area (Å²) < 4.78 is 0. The molecule has 4 rings (SSSR count). The first-order chi connectivity index (χ1) is 12.1. The van der Waals surface area contributed by atoms with E-state index in [1.54, 1.807) is 0 Å². The zero-order valence-corrected chi connectivity index (χ0v) is 14.3. The smallest absolute Gasteiger partial charge is 0.262 e. The lowest BCUT2D eigenvalue weighted by Crippen LogP contribution is -2.32. The minimum absolute atomic E-state index is 0.0946. The van der Waals surface area contributed by atoms with Crippen LogP contribution in [0.5, 0.6) is 0 Å². The van der Waals surface area contributed by atoms with E-state index in [0.717, 1.165) is 17.0 Å². The fraction of sp³-hybridized carbons (Fsp3) is 0.211. The van der Waals surface area contributed by atoms with E-state index in [-0.39, 0.29) is 12.0 Å². The molecule has 2 aliphatic heterocycles. The Morgan fingerprint density at radius 2 is 1.84 bits per heavy atom. The van der Waals surface area contributed by atoms with Gasteiger partial charge in [0, 0.05) is 11.4 Å². The standard InChI is InChI=1S/C19H16ClN3O2/c1-12-18(19(24)23(21-12)15-5-3-2-4-6-15)16-11-17(25-22-16)13-7-9-14(20)10-8-13/h2-10,17-18H,11H2,1H3. The Bertz CT molecular complexity index is 862. The van der Waals surface area contributed by atoms with Gasteiger partial charge in [0.2, 0.25) is 0 Å². The molecule has 0 aromatic heterocycles. The van der Waals surface area contributed by atoms with Crippen molar-refractivity contribution in [3.05, 3.63) is 65.2 Å². The lowest BCUT2D eigenvalue weighted by Gasteiger charge is -2.14. The topological polar surface area (TPSA) is 54.3 Å². The summed E-state index contributed by atoms with van der Waals surface area (Å²) in [5, 5.41) is 10.7. The molecular formula is C19H16ClN3O2. The van der Waals surface area contributed by atoms with Gasteiger partial charge in [0.05, 0.1) is 17.1 Å². The fourth-order valence-corrected chi connectivity index (χ4v) is 3.25. The monoisotopic (exact) mass is 353 g/mol. The quantitative estimate of drug-likeness (QED) is 0.830. The minimum Gasteiger partial charge on any atom is -0.387 e. The maximum atomic E-state index is 12.8. The first kappa shape index (κ1) is 15.8. The summed E-state index contributed by atoms with van der Waals surface area (Å²) in [7, 11) is 0. The molecule has 5 nitrogen and oxygen atoms in total. The molecule has 25 heavy (non-hydrogen) atoms. The second kappa shape index (κ2) is 6.33. The Hall–Kier alpha value is -2.66. The minimum atomic E-state index is -0.461. The van der Waals surface area contributed by atoms with E-state index in [0.29, 0.717) is 17.2 Å². The molecule has 1 amide bonds. The molecule has 2 aromatic carbocycles. The largest absolute Gasteiger partial charge is 0.387 e. The van der Waals surface area contributed by atoms with E-state index in [1.165, 1.54) is 5.01 Å². The molecule has 126 valence electrons. The number of halogens is 1. The number of amides is 1. The molecule has 2 atom stereocenters. The van der Waals surface area contributed by atoms with Crippen LogP contribution in [0.25, 0.3) is 0 Å². The molecule has 6 heteroatoms. The predicted molar refractivity (Wildman–Crippen MR) is 97.9 cm³/mol. The normalized spacial score (nSPS) is 22.6. The maximum absolute atomic E-state index is 12.8. The van der Waals surface area contributed by atoms with Crippen molar-refractivity contribution in [1.29, 1.82) is 0 Å². The van der Waals surface area contributed by atoms with Gasteiger partial charge in [-0.05, 0) is 36.8 Å². The van der Waals surface area contributed by atoms with Crippen LogP contribution in [0.3, 0.4) is 0 Å². The van der Waals surface area contributed by atoms with Gasteiger partial charge >= 0.3 is 0 Å². The van der Waals surface area contributed by atoms with Gasteiger partial charge in [-0.3, -0.25) is 4.79 Å². The number of hydrazone groups is 1. The summed E-state index contributed by atoms with van der Waals surface area (Å²) in [6.45, 7) is 1.85. The van der Waals surface area contributed by atoms with Gasteiger partial charge in [0.25, 0.3) is 5.91 Å². The van der Waals surface area contributed by atoms with Crippen molar-refractivity contribution < 1.29 is 9.63 Å². The van der Waals surface area contributed by atoms with Crippen molar-refractivity contribution in [3.63, 3.8) is 0 Å². The lowest BCUT2D eigenvalue weighted by atomic mass is 9.93. The summed E-state index contributed by atoms with van der Waals surface area (Å²) in [4.78, 5) is 18.4. The number of benzene rings is 2. The van der Waals surface area contributed by atoms with Crippen molar-refractivity contribution in [2.45, 2.75) is 19.4 Å². The van der Waals surface area contributed by atoms with Crippen molar-refractivity contribution in [1.82, 2.24) is 0 Å². The van der Waals surface area contributed by atoms with E-state index in [2.05, 4.69) is 10.3 Å². The van der Waals surface area contributed by atoms with Gasteiger partial charge in [0.1, 0.15) is 5.92 Å². The van der Waals surface area contributed by atoms with E-state index in [1.807, 2.05) is 61.5 Å². The first-order valence-electron chi connectivity index (χ1n) is 8.05. The van der Waals surface area contributed by atoms with Crippen LogP contribution in [-0.2, 0) is 9.63 Å². The Balaban J connectivity index is 1.52. The number of oxime groups is 1. The van der Waals surface area contributed by atoms with Crippen LogP contribution in [-0.4, -0.2) is 17.3 Å². The fourth-order valence-electron chi connectivity index (χ4n) is 3.13. The third-order valence-corrected chi connectivity index (χ3v) is 4.65. The molecule has 0 aliphatic carbocycles. The Kier molecular flexibility index (Phi) is 4.01. The van der Waals surface area contributed by atoms with Gasteiger partial charge in [-0.2, -0.15) is 10.1 Å². The van der Waals surface area contributed by atoms with Crippen LogP contribution < -0.4 is 5.01 Å². The number of rotatable bonds is 3. The maximum Gasteiger partial charge on any atom is 0.262 e. The van der Waals surface area contributed by atoms with Crippen molar-refractivity contribution in [3.8, 4) is 0 Å². The molecule has 0 N–H and O–H groups in total. The Morgan fingerprint density at radius 1 is 1.12 bits per heavy atom. The SMILES string of the molecule is CC1=NN(c2ccccc2)C(=O)C1C1=NOC(c2ccc(Cl)cc2)C1. The van der Waals surface area contributed by atoms with Crippen LogP contribution in [0.4, 0.5) is 5.69 Å². The summed E-state index contributed by atoms with van der Waals surface area (Å²) in [5.74, 6) is -0.555. The molecule has 2 aromatic rings. The summed E-state index contributed by atoms with van der Waals surface area (Å²) in [5.41, 5.74) is 3.18. The second-order valence-electron chi connectivity index (χ2n) is 6.09. The number of hydrogen-bond acceptors (Lipinski definition) is 4. The van der Waals surface area contributed by atoms with Gasteiger partial charge < -0.3 is 4.84 Å². The number of para-hydroxylation sites is 1. The second-order valence-corrected chi connectivity index (χ2v) is 6.53. The first-order valence-corrected chi connectivity index (χ1v) is 8.43. The molecule has 0 radical (unpaired) electrons. The molecule has 0 fully saturated rings. The Morgan fingerprint density at radius 3 is 2.56 bits per heavy atom. The zero-order valence-electron chi connectivity index (χ0n) is 13.6. The summed E-state index contributed by atoms with van der Waals surface area (Å²) >= 11 is 5.93. The van der Waals surface area contributed by atoms with Gasteiger partial charge in [0.15, 0.2) is 6.10 Å². The average Bonchev–Trinajstić information content (AvgIpc) is 3.21. The van der Waals surface area contributed by atoms with E-state index < -0.39 is 5.92 Å². The highest BCUT2D eigenvalue weighted by Crippen LogP contribution is 2.33. The predicted octanol–water partition coefficient (Wildman–Crippen LogP) is 4.20. The zero-order chi connectivity index (χ0) is 17.4. The molecule has 0 spiro atoms. The van der Waals surface area contributed by atoms with Gasteiger partial charge in [-0.1, -0.05) is 47.1 Å². The number of nitrogens with zero attached hydrogens (tertiary/aromatic N) is 3. The van der Waals surface area contributed by atoms with Crippen LogP contribution >= 0.6 is 11.6 Å². The average molecular weight is 354 g/mol.